The van der Waals surface area contributed by atoms with Crippen LogP contribution in [0.2, 0.25) is 5.02 Å². The third-order valence-corrected chi connectivity index (χ3v) is 3.38. The van der Waals surface area contributed by atoms with Gasteiger partial charge in [-0.05, 0) is 48.0 Å². The van der Waals surface area contributed by atoms with Gasteiger partial charge in [0.05, 0.1) is 7.11 Å². The Kier molecular flexibility index (Phi) is 5.98. The Hall–Kier alpha value is -2.79. The van der Waals surface area contributed by atoms with Crippen molar-refractivity contribution in [3.05, 3.63) is 64.7 Å². The van der Waals surface area contributed by atoms with Crippen molar-refractivity contribution in [3.8, 4) is 11.5 Å². The van der Waals surface area contributed by atoms with Gasteiger partial charge in [-0.1, -0.05) is 17.7 Å². The normalized spacial score (nSPS) is 10.6. The molecule has 0 atom stereocenters. The van der Waals surface area contributed by atoms with Crippen LogP contribution >= 0.6 is 11.6 Å². The summed E-state index contributed by atoms with van der Waals surface area (Å²) in [5.41, 5.74) is 1.06. The van der Waals surface area contributed by atoms with Crippen molar-refractivity contribution >= 4 is 29.4 Å². The van der Waals surface area contributed by atoms with E-state index >= 15 is 0 Å². The zero-order valence-electron chi connectivity index (χ0n) is 12.9. The van der Waals surface area contributed by atoms with Crippen LogP contribution in [0.3, 0.4) is 0 Å². The number of carbonyl (C=O) groups excluding carboxylic acids is 2. The highest BCUT2D eigenvalue weighted by Gasteiger charge is 2.08. The predicted octanol–water partition coefficient (Wildman–Crippen LogP) is 3.49. The molecule has 0 unspecified atom stereocenters. The Labute approximate surface area is 144 Å². The van der Waals surface area contributed by atoms with Crippen molar-refractivity contribution in [1.82, 2.24) is 0 Å². The van der Waals surface area contributed by atoms with Gasteiger partial charge in [0.2, 0.25) is 0 Å². The maximum atomic E-state index is 11.9. The van der Waals surface area contributed by atoms with Gasteiger partial charge >= 0.3 is 5.97 Å². The highest BCUT2D eigenvalue weighted by Crippen LogP contribution is 2.26. The van der Waals surface area contributed by atoms with E-state index < -0.39 is 5.97 Å². The third kappa shape index (κ3) is 4.86. The van der Waals surface area contributed by atoms with Gasteiger partial charge in [-0.3, -0.25) is 4.79 Å². The number of ketones is 1. The molecule has 124 valence electrons. The molecule has 24 heavy (non-hydrogen) atoms. The summed E-state index contributed by atoms with van der Waals surface area (Å²) in [4.78, 5) is 23.5. The van der Waals surface area contributed by atoms with E-state index in [1.165, 1.54) is 25.3 Å². The van der Waals surface area contributed by atoms with Crippen LogP contribution in [0.5, 0.6) is 11.5 Å². The molecule has 0 amide bonds. The number of phenols is 1. The first kappa shape index (κ1) is 17.6. The first-order valence-electron chi connectivity index (χ1n) is 7.00. The van der Waals surface area contributed by atoms with E-state index in [0.717, 1.165) is 0 Å². The second-order valence-electron chi connectivity index (χ2n) is 4.80. The van der Waals surface area contributed by atoms with E-state index in [1.54, 1.807) is 36.4 Å². The maximum Gasteiger partial charge on any atom is 0.331 e. The smallest absolute Gasteiger partial charge is 0.331 e. The van der Waals surface area contributed by atoms with Crippen LogP contribution in [0.25, 0.3) is 6.08 Å². The molecule has 2 aromatic carbocycles. The Morgan fingerprint density at radius 3 is 2.54 bits per heavy atom. The Morgan fingerprint density at radius 2 is 1.88 bits per heavy atom. The molecule has 6 heteroatoms. The Bertz CT molecular complexity index is 765. The van der Waals surface area contributed by atoms with E-state index in [0.29, 0.717) is 21.9 Å². The topological polar surface area (TPSA) is 72.8 Å². The van der Waals surface area contributed by atoms with Crippen LogP contribution in [-0.2, 0) is 9.53 Å². The molecule has 0 radical (unpaired) electrons. The molecule has 0 bridgehead atoms. The number of ether oxygens (including phenoxy) is 2. The van der Waals surface area contributed by atoms with Crippen molar-refractivity contribution in [2.24, 2.45) is 0 Å². The molecule has 0 fully saturated rings. The number of halogens is 1. The quantitative estimate of drug-likeness (QED) is 0.492. The molecule has 0 aliphatic heterocycles. The van der Waals surface area contributed by atoms with Crippen LogP contribution < -0.4 is 4.74 Å². The van der Waals surface area contributed by atoms with Crippen LogP contribution in [0.1, 0.15) is 15.9 Å². The lowest BCUT2D eigenvalue weighted by Gasteiger charge is -2.04. The molecule has 1 N–H and O–H groups in total. The highest BCUT2D eigenvalue weighted by molar-refractivity contribution is 6.30. The molecule has 0 aromatic heterocycles. The highest BCUT2D eigenvalue weighted by atomic mass is 35.5. The number of carbonyl (C=O) groups is 2. The van der Waals surface area contributed by atoms with Gasteiger partial charge in [-0.25, -0.2) is 4.79 Å². The summed E-state index contributed by atoms with van der Waals surface area (Å²) in [6.07, 6.45) is 2.69. The maximum absolute atomic E-state index is 11.9. The minimum atomic E-state index is -0.649. The standard InChI is InChI=1S/C18H15ClO5/c1-23-17-10-12(2-8-15(17)20)3-9-18(22)24-11-16(21)13-4-6-14(19)7-5-13/h2-10,20H,11H2,1H3/b9-3+. The number of esters is 1. The fourth-order valence-electron chi connectivity index (χ4n) is 1.87. The summed E-state index contributed by atoms with van der Waals surface area (Å²) in [6.45, 7) is -0.357. The summed E-state index contributed by atoms with van der Waals surface area (Å²) in [5.74, 6) is -0.668. The number of benzene rings is 2. The Balaban J connectivity index is 1.91. The molecule has 0 saturated heterocycles. The van der Waals surface area contributed by atoms with E-state index in [9.17, 15) is 14.7 Å². The van der Waals surface area contributed by atoms with Gasteiger partial charge in [-0.2, -0.15) is 0 Å². The molecule has 2 rings (SSSR count). The number of aromatic hydroxyl groups is 1. The SMILES string of the molecule is COc1cc(/C=C/C(=O)OCC(=O)c2ccc(Cl)cc2)ccc1O. The minimum Gasteiger partial charge on any atom is -0.504 e. The molecule has 0 aliphatic rings. The number of phenolic OH excluding ortho intramolecular Hbond substituents is 1. The van der Waals surface area contributed by atoms with Crippen molar-refractivity contribution in [2.45, 2.75) is 0 Å². The van der Waals surface area contributed by atoms with Crippen LogP contribution in [0.4, 0.5) is 0 Å². The lowest BCUT2D eigenvalue weighted by molar-refractivity contribution is -0.136. The van der Waals surface area contributed by atoms with Gasteiger partial charge in [0.1, 0.15) is 0 Å². The molecular weight excluding hydrogens is 332 g/mol. The summed E-state index contributed by atoms with van der Waals surface area (Å²) < 4.78 is 9.88. The zero-order valence-corrected chi connectivity index (χ0v) is 13.6. The fourth-order valence-corrected chi connectivity index (χ4v) is 1.99. The largest absolute Gasteiger partial charge is 0.504 e. The second kappa shape index (κ2) is 8.17. The summed E-state index contributed by atoms with van der Waals surface area (Å²) in [7, 11) is 1.43. The average molecular weight is 347 g/mol. The number of Topliss-reactive ketones (excluding diaryl/α,β-unsaturated/α-hetero) is 1. The molecule has 5 nitrogen and oxygen atoms in total. The predicted molar refractivity (Wildman–Crippen MR) is 90.4 cm³/mol. The molecular formula is C18H15ClO5. The number of hydrogen-bond donors (Lipinski definition) is 1. The van der Waals surface area contributed by atoms with Gasteiger partial charge in [0.25, 0.3) is 0 Å². The molecule has 0 heterocycles. The Morgan fingerprint density at radius 1 is 1.17 bits per heavy atom. The lowest BCUT2D eigenvalue weighted by Crippen LogP contribution is -2.12. The molecule has 0 spiro atoms. The average Bonchev–Trinajstić information content (AvgIpc) is 2.59. The van der Waals surface area contributed by atoms with Crippen molar-refractivity contribution < 1.29 is 24.2 Å². The molecule has 0 saturated carbocycles. The van der Waals surface area contributed by atoms with Gasteiger partial charge in [0, 0.05) is 16.7 Å². The van der Waals surface area contributed by atoms with Crippen molar-refractivity contribution in [1.29, 1.82) is 0 Å². The van der Waals surface area contributed by atoms with Crippen LogP contribution in [-0.4, -0.2) is 30.6 Å². The van der Waals surface area contributed by atoms with Crippen molar-refractivity contribution in [3.63, 3.8) is 0 Å². The van der Waals surface area contributed by atoms with E-state index in [4.69, 9.17) is 21.1 Å². The van der Waals surface area contributed by atoms with Gasteiger partial charge in [0.15, 0.2) is 23.9 Å². The number of hydrogen-bond acceptors (Lipinski definition) is 5. The van der Waals surface area contributed by atoms with E-state index in [2.05, 4.69) is 0 Å². The van der Waals surface area contributed by atoms with Crippen LogP contribution in [0.15, 0.2) is 48.5 Å². The lowest BCUT2D eigenvalue weighted by atomic mass is 10.1. The van der Waals surface area contributed by atoms with Gasteiger partial charge in [-0.15, -0.1) is 0 Å². The third-order valence-electron chi connectivity index (χ3n) is 3.13. The first-order chi connectivity index (χ1) is 11.5. The minimum absolute atomic E-state index is 0.00536. The molecule has 2 aromatic rings. The monoisotopic (exact) mass is 346 g/mol. The number of methoxy groups -OCH3 is 1. The molecule has 0 aliphatic carbocycles. The van der Waals surface area contributed by atoms with E-state index in [1.807, 2.05) is 0 Å². The first-order valence-corrected chi connectivity index (χ1v) is 7.38. The second-order valence-corrected chi connectivity index (χ2v) is 5.24. The number of rotatable bonds is 6. The summed E-state index contributed by atoms with van der Waals surface area (Å²) >= 11 is 5.74. The summed E-state index contributed by atoms with van der Waals surface area (Å²) in [6, 6.07) is 10.9. The summed E-state index contributed by atoms with van der Waals surface area (Å²) in [5, 5.41) is 10.0. The van der Waals surface area contributed by atoms with E-state index in [-0.39, 0.29) is 18.1 Å². The fraction of sp³-hybridized carbons (Fsp3) is 0.111. The van der Waals surface area contributed by atoms with Gasteiger partial charge < -0.3 is 14.6 Å². The van der Waals surface area contributed by atoms with Crippen LogP contribution in [0, 0.1) is 0 Å². The zero-order chi connectivity index (χ0) is 17.5. The van der Waals surface area contributed by atoms with Crippen molar-refractivity contribution in [2.75, 3.05) is 13.7 Å².